The van der Waals surface area contributed by atoms with Gasteiger partial charge in [0.25, 0.3) is 0 Å². The van der Waals surface area contributed by atoms with Gasteiger partial charge in [0.1, 0.15) is 17.2 Å². The lowest BCUT2D eigenvalue weighted by atomic mass is 10.1. The van der Waals surface area contributed by atoms with Crippen LogP contribution in [0.4, 0.5) is 11.8 Å². The fourth-order valence-electron chi connectivity index (χ4n) is 3.37. The number of aliphatic hydroxyl groups excluding tert-OH is 1. The summed E-state index contributed by atoms with van der Waals surface area (Å²) in [5.41, 5.74) is 1.20. The van der Waals surface area contributed by atoms with Gasteiger partial charge in [-0.2, -0.15) is 9.97 Å². The number of hydrogen-bond acceptors (Lipinski definition) is 10. The monoisotopic (exact) mass is 387 g/mol. The average Bonchev–Trinajstić information content (AvgIpc) is 3.35. The number of aromatic hydroxyl groups is 2. The van der Waals surface area contributed by atoms with E-state index in [4.69, 9.17) is 4.74 Å². The summed E-state index contributed by atoms with van der Waals surface area (Å²) in [6.07, 6.45) is 1.82. The molecule has 1 aliphatic rings. The standard InChI is InChI=1S/C17H21N7O4/c1-28-10-5-12(26)11(13(27)6-10)7-18-15-14-16(22-23-21-14)20-17(19-15)24-4-2-3-9(24)8-25/h5-6,9,25-27H,2-4,7-8H2,1H3,(H2,18,19,20,21,22,23)/t9-/m1/s1. The number of methoxy groups -OCH3 is 1. The van der Waals surface area contributed by atoms with Crippen LogP contribution >= 0.6 is 0 Å². The molecule has 11 nitrogen and oxygen atoms in total. The summed E-state index contributed by atoms with van der Waals surface area (Å²) in [5.74, 6) is 1.02. The molecule has 0 unspecified atom stereocenters. The predicted molar refractivity (Wildman–Crippen MR) is 101 cm³/mol. The Morgan fingerprint density at radius 3 is 2.79 bits per heavy atom. The number of nitrogens with zero attached hydrogens (tertiary/aromatic N) is 5. The second-order valence-corrected chi connectivity index (χ2v) is 6.55. The van der Waals surface area contributed by atoms with E-state index in [1.54, 1.807) is 0 Å². The maximum Gasteiger partial charge on any atom is 0.229 e. The maximum atomic E-state index is 10.2. The zero-order chi connectivity index (χ0) is 19.7. The minimum absolute atomic E-state index is 0.0268. The average molecular weight is 387 g/mol. The van der Waals surface area contributed by atoms with Gasteiger partial charge < -0.3 is 30.3 Å². The zero-order valence-electron chi connectivity index (χ0n) is 15.3. The van der Waals surface area contributed by atoms with Crippen LogP contribution in [0.15, 0.2) is 12.1 Å². The lowest BCUT2D eigenvalue weighted by Crippen LogP contribution is -2.33. The normalized spacial score (nSPS) is 16.6. The summed E-state index contributed by atoms with van der Waals surface area (Å²) in [6, 6.07) is 2.81. The fourth-order valence-corrected chi connectivity index (χ4v) is 3.37. The minimum atomic E-state index is -0.102. The number of phenols is 2. The molecule has 0 bridgehead atoms. The maximum absolute atomic E-state index is 10.2. The molecule has 0 saturated carbocycles. The number of aromatic amines is 1. The molecule has 2 aromatic heterocycles. The topological polar surface area (TPSA) is 153 Å². The molecule has 3 heterocycles. The molecule has 0 aliphatic carbocycles. The first kappa shape index (κ1) is 18.0. The van der Waals surface area contributed by atoms with Crippen LogP contribution in [0.5, 0.6) is 17.2 Å². The van der Waals surface area contributed by atoms with Crippen LogP contribution in [0.3, 0.4) is 0 Å². The molecular formula is C17H21N7O4. The number of benzene rings is 1. The van der Waals surface area contributed by atoms with Crippen LogP contribution in [0, 0.1) is 0 Å². The van der Waals surface area contributed by atoms with Crippen molar-refractivity contribution >= 4 is 22.9 Å². The Bertz CT molecular complexity index is 970. The van der Waals surface area contributed by atoms with E-state index < -0.39 is 0 Å². The Hall–Kier alpha value is -3.34. The Morgan fingerprint density at radius 2 is 2.07 bits per heavy atom. The van der Waals surface area contributed by atoms with Gasteiger partial charge >= 0.3 is 0 Å². The van der Waals surface area contributed by atoms with Crippen molar-refractivity contribution in [2.45, 2.75) is 25.4 Å². The summed E-state index contributed by atoms with van der Waals surface area (Å²) >= 11 is 0. The van der Waals surface area contributed by atoms with Crippen molar-refractivity contribution in [3.05, 3.63) is 17.7 Å². The Balaban J connectivity index is 1.65. The highest BCUT2D eigenvalue weighted by molar-refractivity contribution is 5.83. The SMILES string of the molecule is COc1cc(O)c(CNc2nc(N3CCC[C@@H]3CO)nc3[nH]nnc23)c(O)c1. The van der Waals surface area contributed by atoms with Crippen LogP contribution in [0.2, 0.25) is 0 Å². The van der Waals surface area contributed by atoms with Gasteiger partial charge in [-0.15, -0.1) is 5.10 Å². The van der Waals surface area contributed by atoms with E-state index in [0.717, 1.165) is 19.4 Å². The molecule has 5 N–H and O–H groups in total. The number of nitrogens with one attached hydrogen (secondary N) is 2. The molecule has 1 fully saturated rings. The first-order chi connectivity index (χ1) is 13.6. The van der Waals surface area contributed by atoms with Gasteiger partial charge in [0.05, 0.1) is 25.3 Å². The summed E-state index contributed by atoms with van der Waals surface area (Å²) < 4.78 is 5.02. The second-order valence-electron chi connectivity index (χ2n) is 6.55. The Labute approximate surface area is 160 Å². The number of aromatic nitrogens is 5. The smallest absolute Gasteiger partial charge is 0.229 e. The van der Waals surface area contributed by atoms with Crippen molar-refractivity contribution in [1.82, 2.24) is 25.4 Å². The number of phenolic OH excluding ortho intramolecular Hbond substituents is 2. The van der Waals surface area contributed by atoms with Gasteiger partial charge in [-0.25, -0.2) is 5.10 Å². The van der Waals surface area contributed by atoms with E-state index in [0.29, 0.717) is 34.2 Å². The number of anilines is 2. The van der Waals surface area contributed by atoms with Crippen LogP contribution in [0.1, 0.15) is 18.4 Å². The number of ether oxygens (including phenoxy) is 1. The largest absolute Gasteiger partial charge is 0.507 e. The number of rotatable bonds is 6. The molecule has 0 radical (unpaired) electrons. The number of aliphatic hydroxyl groups is 1. The molecule has 11 heteroatoms. The van der Waals surface area contributed by atoms with Crippen LogP contribution < -0.4 is 15.0 Å². The molecule has 4 rings (SSSR count). The molecular weight excluding hydrogens is 366 g/mol. The molecule has 1 aromatic carbocycles. The van der Waals surface area contributed by atoms with Crippen molar-refractivity contribution in [3.8, 4) is 17.2 Å². The van der Waals surface area contributed by atoms with Crippen molar-refractivity contribution < 1.29 is 20.1 Å². The van der Waals surface area contributed by atoms with Gasteiger partial charge in [-0.1, -0.05) is 5.21 Å². The van der Waals surface area contributed by atoms with Crippen molar-refractivity contribution in [3.63, 3.8) is 0 Å². The van der Waals surface area contributed by atoms with Crippen molar-refractivity contribution in [1.29, 1.82) is 0 Å². The second kappa shape index (κ2) is 7.35. The fraction of sp³-hybridized carbons (Fsp3) is 0.412. The molecule has 1 aliphatic heterocycles. The van der Waals surface area contributed by atoms with Crippen molar-refractivity contribution in [2.24, 2.45) is 0 Å². The highest BCUT2D eigenvalue weighted by atomic mass is 16.5. The lowest BCUT2D eigenvalue weighted by Gasteiger charge is -2.23. The minimum Gasteiger partial charge on any atom is -0.507 e. The van der Waals surface area contributed by atoms with Gasteiger partial charge in [0.2, 0.25) is 5.95 Å². The van der Waals surface area contributed by atoms with E-state index in [2.05, 4.69) is 30.7 Å². The summed E-state index contributed by atoms with van der Waals surface area (Å²) in [6.45, 7) is 0.875. The first-order valence-electron chi connectivity index (χ1n) is 8.89. The zero-order valence-corrected chi connectivity index (χ0v) is 15.3. The van der Waals surface area contributed by atoms with E-state index in [9.17, 15) is 15.3 Å². The van der Waals surface area contributed by atoms with E-state index in [1.165, 1.54) is 19.2 Å². The molecule has 0 amide bonds. The van der Waals surface area contributed by atoms with Gasteiger partial charge in [0, 0.05) is 25.2 Å². The lowest BCUT2D eigenvalue weighted by molar-refractivity contribution is 0.265. The Kier molecular flexibility index (Phi) is 4.74. The number of H-pyrrole nitrogens is 1. The molecule has 3 aromatic rings. The predicted octanol–water partition coefficient (Wildman–Crippen LogP) is 0.741. The van der Waals surface area contributed by atoms with Gasteiger partial charge in [-0.3, -0.25) is 0 Å². The highest BCUT2D eigenvalue weighted by Crippen LogP contribution is 2.33. The van der Waals surface area contributed by atoms with E-state index in [1.807, 2.05) is 4.90 Å². The molecule has 0 spiro atoms. The third kappa shape index (κ3) is 3.20. The Morgan fingerprint density at radius 1 is 1.29 bits per heavy atom. The van der Waals surface area contributed by atoms with E-state index >= 15 is 0 Å². The first-order valence-corrected chi connectivity index (χ1v) is 8.89. The van der Waals surface area contributed by atoms with Gasteiger partial charge in [-0.05, 0) is 12.8 Å². The summed E-state index contributed by atoms with van der Waals surface area (Å²) in [4.78, 5) is 11.0. The molecule has 28 heavy (non-hydrogen) atoms. The quantitative estimate of drug-likeness (QED) is 0.409. The molecule has 1 atom stereocenters. The third-order valence-corrected chi connectivity index (χ3v) is 4.87. The molecule has 148 valence electrons. The third-order valence-electron chi connectivity index (χ3n) is 4.87. The number of fused-ring (bicyclic) bond motifs is 1. The summed E-state index contributed by atoms with van der Waals surface area (Å²) in [7, 11) is 1.45. The number of hydrogen-bond donors (Lipinski definition) is 5. The van der Waals surface area contributed by atoms with Crippen LogP contribution in [-0.2, 0) is 6.54 Å². The van der Waals surface area contributed by atoms with Gasteiger partial charge in [0.15, 0.2) is 17.0 Å². The molecule has 1 saturated heterocycles. The highest BCUT2D eigenvalue weighted by Gasteiger charge is 2.27. The van der Waals surface area contributed by atoms with E-state index in [-0.39, 0.29) is 30.7 Å². The van der Waals surface area contributed by atoms with Crippen LogP contribution in [0.25, 0.3) is 11.2 Å². The summed E-state index contributed by atoms with van der Waals surface area (Å²) in [5, 5.41) is 43.5. The van der Waals surface area contributed by atoms with Crippen molar-refractivity contribution in [2.75, 3.05) is 30.5 Å². The van der Waals surface area contributed by atoms with Crippen LogP contribution in [-0.4, -0.2) is 67.0 Å².